The summed E-state index contributed by atoms with van der Waals surface area (Å²) in [6.45, 7) is 1.97. The summed E-state index contributed by atoms with van der Waals surface area (Å²) in [5.41, 5.74) is 4.48. The van der Waals surface area contributed by atoms with Gasteiger partial charge in [-0.2, -0.15) is 0 Å². The van der Waals surface area contributed by atoms with Crippen LogP contribution < -0.4 is 15.7 Å². The van der Waals surface area contributed by atoms with Gasteiger partial charge in [-0.25, -0.2) is 4.79 Å². The number of para-hydroxylation sites is 2. The lowest BCUT2D eigenvalue weighted by atomic mass is 9.85. The van der Waals surface area contributed by atoms with Gasteiger partial charge < -0.3 is 10.1 Å². The highest BCUT2D eigenvalue weighted by molar-refractivity contribution is 5.80. The standard InChI is InChI=1S/C26H32N4O3/c1-27-25(31)17-29-23-7-3-4-8-24(23)30(26(29)32)19-12-14-28(15-13-19)22-9-5-6-18-16-20(33-2)10-11-21(18)22/h3-4,7-8,10-11,16,19,22H,5-6,9,12-15,17H2,1-2H3,(H,27,31). The first-order valence-electron chi connectivity index (χ1n) is 11.9. The number of imidazole rings is 1. The second-order valence-electron chi connectivity index (χ2n) is 9.14. The van der Waals surface area contributed by atoms with Crippen molar-refractivity contribution in [1.29, 1.82) is 0 Å². The molecule has 7 heteroatoms. The molecule has 1 fully saturated rings. The average molecular weight is 449 g/mol. The number of carbonyl (C=O) groups is 1. The number of hydrogen-bond acceptors (Lipinski definition) is 4. The van der Waals surface area contributed by atoms with Gasteiger partial charge in [0, 0.05) is 32.2 Å². The van der Waals surface area contributed by atoms with Gasteiger partial charge in [0.2, 0.25) is 5.91 Å². The number of nitrogens with one attached hydrogen (secondary N) is 1. The summed E-state index contributed by atoms with van der Waals surface area (Å²) in [6.07, 6.45) is 5.33. The van der Waals surface area contributed by atoms with E-state index in [-0.39, 0.29) is 24.2 Å². The number of amides is 1. The van der Waals surface area contributed by atoms with Crippen molar-refractivity contribution in [2.45, 2.75) is 50.7 Å². The van der Waals surface area contributed by atoms with Gasteiger partial charge in [-0.05, 0) is 67.5 Å². The largest absolute Gasteiger partial charge is 0.497 e. The summed E-state index contributed by atoms with van der Waals surface area (Å²) in [6, 6.07) is 14.9. The van der Waals surface area contributed by atoms with Crippen LogP contribution in [0.4, 0.5) is 0 Å². The highest BCUT2D eigenvalue weighted by atomic mass is 16.5. The molecule has 2 aliphatic rings. The predicted octanol–water partition coefficient (Wildman–Crippen LogP) is 3.27. The monoisotopic (exact) mass is 448 g/mol. The number of rotatable bonds is 5. The highest BCUT2D eigenvalue weighted by Crippen LogP contribution is 2.38. The quantitative estimate of drug-likeness (QED) is 0.651. The second-order valence-corrected chi connectivity index (χ2v) is 9.14. The van der Waals surface area contributed by atoms with Crippen LogP contribution in [0.5, 0.6) is 5.75 Å². The van der Waals surface area contributed by atoms with Gasteiger partial charge in [0.1, 0.15) is 12.3 Å². The minimum Gasteiger partial charge on any atom is -0.497 e. The summed E-state index contributed by atoms with van der Waals surface area (Å²) in [4.78, 5) is 28.0. The van der Waals surface area contributed by atoms with E-state index in [1.54, 1.807) is 18.7 Å². The Morgan fingerprint density at radius 1 is 1.09 bits per heavy atom. The van der Waals surface area contributed by atoms with Crippen LogP contribution >= 0.6 is 0 Å². The topological polar surface area (TPSA) is 68.5 Å². The number of hydrogen-bond donors (Lipinski definition) is 1. The summed E-state index contributed by atoms with van der Waals surface area (Å²) in [5, 5.41) is 2.63. The highest BCUT2D eigenvalue weighted by Gasteiger charge is 2.31. The van der Waals surface area contributed by atoms with E-state index in [0.29, 0.717) is 6.04 Å². The molecule has 2 heterocycles. The molecule has 2 aromatic carbocycles. The fraction of sp³-hybridized carbons (Fsp3) is 0.462. The molecule has 174 valence electrons. The zero-order valence-corrected chi connectivity index (χ0v) is 19.4. The van der Waals surface area contributed by atoms with Crippen LogP contribution in [0.3, 0.4) is 0 Å². The Hall–Kier alpha value is -3.06. The van der Waals surface area contributed by atoms with E-state index in [0.717, 1.165) is 49.1 Å². The Bertz CT molecular complexity index is 1220. The maximum Gasteiger partial charge on any atom is 0.329 e. The number of benzene rings is 2. The fourth-order valence-corrected chi connectivity index (χ4v) is 5.69. The smallest absolute Gasteiger partial charge is 0.329 e. The summed E-state index contributed by atoms with van der Waals surface area (Å²) in [7, 11) is 3.32. The third kappa shape index (κ3) is 3.95. The predicted molar refractivity (Wildman–Crippen MR) is 129 cm³/mol. The van der Waals surface area contributed by atoms with Crippen molar-refractivity contribution < 1.29 is 9.53 Å². The number of carbonyl (C=O) groups excluding carboxylic acids is 1. The molecule has 1 aliphatic heterocycles. The minimum absolute atomic E-state index is 0.0456. The molecule has 7 nitrogen and oxygen atoms in total. The van der Waals surface area contributed by atoms with E-state index in [9.17, 15) is 9.59 Å². The molecule has 0 bridgehead atoms. The second kappa shape index (κ2) is 9.06. The summed E-state index contributed by atoms with van der Waals surface area (Å²) < 4.78 is 8.96. The Morgan fingerprint density at radius 2 is 1.85 bits per heavy atom. The average Bonchev–Trinajstić information content (AvgIpc) is 3.14. The van der Waals surface area contributed by atoms with Crippen molar-refractivity contribution in [2.75, 3.05) is 27.2 Å². The summed E-state index contributed by atoms with van der Waals surface area (Å²) >= 11 is 0. The van der Waals surface area contributed by atoms with Crippen LogP contribution in [0, 0.1) is 0 Å². The molecule has 1 N–H and O–H groups in total. The molecule has 1 unspecified atom stereocenters. The van der Waals surface area contributed by atoms with Crippen molar-refractivity contribution in [2.24, 2.45) is 0 Å². The number of likely N-dealkylation sites (N-methyl/N-ethyl adjacent to an activating group) is 1. The summed E-state index contributed by atoms with van der Waals surface area (Å²) in [5.74, 6) is 0.767. The van der Waals surface area contributed by atoms with E-state index in [4.69, 9.17) is 4.74 Å². The SMILES string of the molecule is CNC(=O)Cn1c(=O)n(C2CCN(C3CCCc4cc(OC)ccc43)CC2)c2ccccc21. The van der Waals surface area contributed by atoms with Crippen LogP contribution in [-0.4, -0.2) is 47.2 Å². The van der Waals surface area contributed by atoms with Gasteiger partial charge in [-0.3, -0.25) is 18.8 Å². The van der Waals surface area contributed by atoms with Crippen LogP contribution in [0.25, 0.3) is 11.0 Å². The number of piperidine rings is 1. The molecule has 0 saturated carbocycles. The number of nitrogens with zero attached hydrogens (tertiary/aromatic N) is 3. The number of likely N-dealkylation sites (tertiary alicyclic amines) is 1. The molecule has 0 radical (unpaired) electrons. The third-order valence-electron chi connectivity index (χ3n) is 7.39. The Balaban J connectivity index is 1.38. The maximum atomic E-state index is 13.4. The van der Waals surface area contributed by atoms with Crippen LogP contribution in [0.15, 0.2) is 47.3 Å². The molecule has 0 spiro atoms. The van der Waals surface area contributed by atoms with Crippen molar-refractivity contribution in [1.82, 2.24) is 19.4 Å². The van der Waals surface area contributed by atoms with E-state index in [1.807, 2.05) is 28.8 Å². The third-order valence-corrected chi connectivity index (χ3v) is 7.39. The Kier molecular flexibility index (Phi) is 5.98. The van der Waals surface area contributed by atoms with Gasteiger partial charge in [-0.1, -0.05) is 18.2 Å². The Labute approximate surface area is 193 Å². The van der Waals surface area contributed by atoms with Gasteiger partial charge in [0.05, 0.1) is 18.1 Å². The van der Waals surface area contributed by atoms with Crippen LogP contribution in [0.1, 0.15) is 48.9 Å². The zero-order chi connectivity index (χ0) is 22.9. The molecule has 1 aliphatic carbocycles. The van der Waals surface area contributed by atoms with Crippen LogP contribution in [0.2, 0.25) is 0 Å². The first-order chi connectivity index (χ1) is 16.1. The molecular weight excluding hydrogens is 416 g/mol. The van der Waals surface area contributed by atoms with Gasteiger partial charge in [-0.15, -0.1) is 0 Å². The fourth-order valence-electron chi connectivity index (χ4n) is 5.69. The molecule has 1 atom stereocenters. The lowest BCUT2D eigenvalue weighted by Crippen LogP contribution is -2.41. The van der Waals surface area contributed by atoms with E-state index in [2.05, 4.69) is 28.4 Å². The van der Waals surface area contributed by atoms with E-state index < -0.39 is 0 Å². The Morgan fingerprint density at radius 3 is 2.58 bits per heavy atom. The first kappa shape index (κ1) is 21.8. The zero-order valence-electron chi connectivity index (χ0n) is 19.4. The molecule has 33 heavy (non-hydrogen) atoms. The molecule has 1 aromatic heterocycles. The van der Waals surface area contributed by atoms with Crippen molar-refractivity contribution >= 4 is 16.9 Å². The molecular formula is C26H32N4O3. The molecule has 5 rings (SSSR count). The maximum absolute atomic E-state index is 13.4. The van der Waals surface area contributed by atoms with Gasteiger partial charge >= 0.3 is 5.69 Å². The van der Waals surface area contributed by atoms with Crippen molar-refractivity contribution in [3.05, 3.63) is 64.1 Å². The normalized spacial score (nSPS) is 19.4. The van der Waals surface area contributed by atoms with Crippen LogP contribution in [-0.2, 0) is 17.8 Å². The lowest BCUT2D eigenvalue weighted by Gasteiger charge is -2.40. The number of fused-ring (bicyclic) bond motifs is 2. The first-order valence-corrected chi connectivity index (χ1v) is 11.9. The molecule has 1 amide bonds. The minimum atomic E-state index is -0.164. The number of aromatic nitrogens is 2. The number of ether oxygens (including phenoxy) is 1. The van der Waals surface area contributed by atoms with E-state index >= 15 is 0 Å². The van der Waals surface area contributed by atoms with E-state index in [1.165, 1.54) is 24.0 Å². The van der Waals surface area contributed by atoms with Crippen molar-refractivity contribution in [3.8, 4) is 5.75 Å². The molecule has 1 saturated heterocycles. The molecule has 3 aromatic rings. The van der Waals surface area contributed by atoms with Gasteiger partial charge in [0.25, 0.3) is 0 Å². The number of methoxy groups -OCH3 is 1. The lowest BCUT2D eigenvalue weighted by molar-refractivity contribution is -0.121. The number of aryl methyl sites for hydroxylation is 1. The van der Waals surface area contributed by atoms with Gasteiger partial charge in [0.15, 0.2) is 0 Å². The van der Waals surface area contributed by atoms with Crippen molar-refractivity contribution in [3.63, 3.8) is 0 Å².